The maximum Gasteiger partial charge on any atom is 0.242 e. The lowest BCUT2D eigenvalue weighted by Gasteiger charge is -2.34. The van der Waals surface area contributed by atoms with Crippen molar-refractivity contribution in [3.63, 3.8) is 0 Å². The summed E-state index contributed by atoms with van der Waals surface area (Å²) in [5.41, 5.74) is 0. The summed E-state index contributed by atoms with van der Waals surface area (Å²) in [6.45, 7) is 3.89. The predicted molar refractivity (Wildman–Crippen MR) is 55.2 cm³/mol. The summed E-state index contributed by atoms with van der Waals surface area (Å²) in [4.78, 5) is 25.1. The van der Waals surface area contributed by atoms with E-state index < -0.39 is 0 Å². The summed E-state index contributed by atoms with van der Waals surface area (Å²) in [5.74, 6) is 0.0300. The molecule has 2 unspecified atom stereocenters. The molecule has 2 N–H and O–H groups in total. The molecule has 2 amide bonds. The standard InChI is InChI=1S/C10H17N3O2/c1-7-9(14)12-5-6-13(7)10(15)8-3-2-4-11-8/h7-8,11H,2-6H2,1H3,(H,12,14). The molecule has 84 valence electrons. The first kappa shape index (κ1) is 10.4. The topological polar surface area (TPSA) is 61.4 Å². The van der Waals surface area contributed by atoms with Crippen molar-refractivity contribution >= 4 is 11.8 Å². The van der Waals surface area contributed by atoms with E-state index in [0.717, 1.165) is 19.4 Å². The number of nitrogens with one attached hydrogen (secondary N) is 2. The molecule has 2 aliphatic heterocycles. The number of nitrogens with zero attached hydrogens (tertiary/aromatic N) is 1. The fraction of sp³-hybridized carbons (Fsp3) is 0.800. The third-order valence-electron chi connectivity index (χ3n) is 3.14. The van der Waals surface area contributed by atoms with Crippen LogP contribution in [0.4, 0.5) is 0 Å². The van der Waals surface area contributed by atoms with Crippen molar-refractivity contribution in [1.82, 2.24) is 15.5 Å². The molecule has 2 rings (SSSR count). The SMILES string of the molecule is CC1C(=O)NCCN1C(=O)C1CCCN1. The van der Waals surface area contributed by atoms with Crippen LogP contribution < -0.4 is 10.6 Å². The van der Waals surface area contributed by atoms with E-state index >= 15 is 0 Å². The highest BCUT2D eigenvalue weighted by molar-refractivity contribution is 5.90. The largest absolute Gasteiger partial charge is 0.353 e. The molecule has 0 radical (unpaired) electrons. The minimum absolute atomic E-state index is 0.0485. The van der Waals surface area contributed by atoms with Crippen molar-refractivity contribution in [1.29, 1.82) is 0 Å². The molecule has 0 saturated carbocycles. The van der Waals surface area contributed by atoms with Crippen molar-refractivity contribution in [2.45, 2.75) is 31.8 Å². The zero-order valence-electron chi connectivity index (χ0n) is 8.95. The molecule has 0 aromatic heterocycles. The Labute approximate surface area is 89.2 Å². The van der Waals surface area contributed by atoms with Crippen LogP contribution in [0.25, 0.3) is 0 Å². The Balaban J connectivity index is 2.01. The summed E-state index contributed by atoms with van der Waals surface area (Å²) in [6, 6.07) is -0.396. The van der Waals surface area contributed by atoms with Gasteiger partial charge in [0.15, 0.2) is 0 Å². The van der Waals surface area contributed by atoms with Gasteiger partial charge in [-0.15, -0.1) is 0 Å². The molecule has 0 aromatic carbocycles. The van der Waals surface area contributed by atoms with E-state index in [9.17, 15) is 9.59 Å². The zero-order chi connectivity index (χ0) is 10.8. The van der Waals surface area contributed by atoms with Crippen LogP contribution in [0.1, 0.15) is 19.8 Å². The van der Waals surface area contributed by atoms with Gasteiger partial charge in [-0.3, -0.25) is 9.59 Å². The van der Waals surface area contributed by atoms with Gasteiger partial charge in [-0.1, -0.05) is 0 Å². The molecule has 2 fully saturated rings. The zero-order valence-corrected chi connectivity index (χ0v) is 8.95. The molecule has 5 nitrogen and oxygen atoms in total. The highest BCUT2D eigenvalue weighted by Crippen LogP contribution is 2.12. The van der Waals surface area contributed by atoms with Crippen molar-refractivity contribution in [2.24, 2.45) is 0 Å². The maximum absolute atomic E-state index is 12.0. The highest BCUT2D eigenvalue weighted by Gasteiger charge is 2.34. The number of hydrogen-bond acceptors (Lipinski definition) is 3. The highest BCUT2D eigenvalue weighted by atomic mass is 16.2. The molecule has 0 aromatic rings. The van der Waals surface area contributed by atoms with E-state index in [1.165, 1.54) is 0 Å². The first-order chi connectivity index (χ1) is 7.20. The predicted octanol–water partition coefficient (Wildman–Crippen LogP) is -0.915. The van der Waals surface area contributed by atoms with Crippen LogP contribution in [-0.4, -0.2) is 48.4 Å². The second kappa shape index (κ2) is 4.18. The Hall–Kier alpha value is -1.10. The molecule has 15 heavy (non-hydrogen) atoms. The number of amides is 2. The smallest absolute Gasteiger partial charge is 0.242 e. The number of carbonyl (C=O) groups is 2. The number of rotatable bonds is 1. The Kier molecular flexibility index (Phi) is 2.90. The minimum atomic E-state index is -0.325. The summed E-state index contributed by atoms with van der Waals surface area (Å²) in [5, 5.41) is 5.92. The molecule has 0 spiro atoms. The molecular weight excluding hydrogens is 194 g/mol. The van der Waals surface area contributed by atoms with Crippen LogP contribution in [0.5, 0.6) is 0 Å². The van der Waals surface area contributed by atoms with E-state index in [1.807, 2.05) is 0 Å². The van der Waals surface area contributed by atoms with Crippen molar-refractivity contribution < 1.29 is 9.59 Å². The van der Waals surface area contributed by atoms with E-state index in [4.69, 9.17) is 0 Å². The normalized spacial score (nSPS) is 31.5. The lowest BCUT2D eigenvalue weighted by molar-refractivity contribution is -0.143. The first-order valence-corrected chi connectivity index (χ1v) is 5.52. The fourth-order valence-corrected chi connectivity index (χ4v) is 2.18. The van der Waals surface area contributed by atoms with E-state index in [0.29, 0.717) is 13.1 Å². The first-order valence-electron chi connectivity index (χ1n) is 5.52. The Morgan fingerprint density at radius 2 is 2.27 bits per heavy atom. The van der Waals surface area contributed by atoms with Crippen LogP contribution in [0.2, 0.25) is 0 Å². The van der Waals surface area contributed by atoms with Gasteiger partial charge in [0.1, 0.15) is 6.04 Å². The molecule has 5 heteroatoms. The molecule has 2 heterocycles. The lowest BCUT2D eigenvalue weighted by Crippen LogP contribution is -2.59. The Morgan fingerprint density at radius 1 is 1.47 bits per heavy atom. The van der Waals surface area contributed by atoms with Crippen molar-refractivity contribution in [3.8, 4) is 0 Å². The van der Waals surface area contributed by atoms with Gasteiger partial charge >= 0.3 is 0 Å². The van der Waals surface area contributed by atoms with Crippen LogP contribution >= 0.6 is 0 Å². The number of hydrogen-bond donors (Lipinski definition) is 2. The van der Waals surface area contributed by atoms with Crippen LogP contribution in [-0.2, 0) is 9.59 Å². The minimum Gasteiger partial charge on any atom is -0.353 e. The summed E-state index contributed by atoms with van der Waals surface area (Å²) in [6.07, 6.45) is 1.94. The molecule has 0 aliphatic carbocycles. The van der Waals surface area contributed by atoms with Gasteiger partial charge in [0.2, 0.25) is 11.8 Å². The average Bonchev–Trinajstić information content (AvgIpc) is 2.74. The van der Waals surface area contributed by atoms with Gasteiger partial charge in [-0.25, -0.2) is 0 Å². The molecule has 2 aliphatic rings. The third kappa shape index (κ3) is 1.97. The van der Waals surface area contributed by atoms with E-state index in [2.05, 4.69) is 10.6 Å². The van der Waals surface area contributed by atoms with Crippen molar-refractivity contribution in [2.75, 3.05) is 19.6 Å². The second-order valence-corrected chi connectivity index (χ2v) is 4.15. The van der Waals surface area contributed by atoms with Gasteiger partial charge in [0.05, 0.1) is 6.04 Å². The maximum atomic E-state index is 12.0. The lowest BCUT2D eigenvalue weighted by atomic mass is 10.1. The van der Waals surface area contributed by atoms with Crippen molar-refractivity contribution in [3.05, 3.63) is 0 Å². The molecule has 2 atom stereocenters. The molecule has 0 bridgehead atoms. The average molecular weight is 211 g/mol. The third-order valence-corrected chi connectivity index (χ3v) is 3.14. The second-order valence-electron chi connectivity index (χ2n) is 4.15. The number of carbonyl (C=O) groups excluding carboxylic acids is 2. The van der Waals surface area contributed by atoms with Crippen LogP contribution in [0, 0.1) is 0 Å². The summed E-state index contributed by atoms with van der Waals surface area (Å²) in [7, 11) is 0. The van der Waals surface area contributed by atoms with Crippen LogP contribution in [0.15, 0.2) is 0 Å². The van der Waals surface area contributed by atoms with Gasteiger partial charge < -0.3 is 15.5 Å². The Bertz CT molecular complexity index is 274. The molecular formula is C10H17N3O2. The summed E-state index contributed by atoms with van der Waals surface area (Å²) >= 11 is 0. The quantitative estimate of drug-likeness (QED) is 0.590. The van der Waals surface area contributed by atoms with Crippen LogP contribution in [0.3, 0.4) is 0 Å². The van der Waals surface area contributed by atoms with Gasteiger partial charge in [0.25, 0.3) is 0 Å². The van der Waals surface area contributed by atoms with Gasteiger partial charge in [-0.2, -0.15) is 0 Å². The van der Waals surface area contributed by atoms with Gasteiger partial charge in [0, 0.05) is 13.1 Å². The fourth-order valence-electron chi connectivity index (χ4n) is 2.18. The van der Waals surface area contributed by atoms with E-state index in [-0.39, 0.29) is 23.9 Å². The Morgan fingerprint density at radius 3 is 2.93 bits per heavy atom. The monoisotopic (exact) mass is 211 g/mol. The number of piperazine rings is 1. The summed E-state index contributed by atoms with van der Waals surface area (Å²) < 4.78 is 0. The molecule has 2 saturated heterocycles. The van der Waals surface area contributed by atoms with Gasteiger partial charge in [-0.05, 0) is 26.3 Å². The van der Waals surface area contributed by atoms with E-state index in [1.54, 1.807) is 11.8 Å².